The predicted octanol–water partition coefficient (Wildman–Crippen LogP) is 1.94. The Kier molecular flexibility index (Phi) is 2.75. The lowest BCUT2D eigenvalue weighted by Crippen LogP contribution is -2.19. The van der Waals surface area contributed by atoms with Gasteiger partial charge in [0.15, 0.2) is 5.69 Å². The first-order valence-electron chi connectivity index (χ1n) is 5.50. The summed E-state index contributed by atoms with van der Waals surface area (Å²) in [7, 11) is 0. The molecule has 2 heterocycles. The zero-order valence-corrected chi connectivity index (χ0v) is 8.94. The average Bonchev–Trinajstić information content (AvgIpc) is 2.61. The van der Waals surface area contributed by atoms with Crippen LogP contribution in [0.4, 0.5) is 0 Å². The lowest BCUT2D eigenvalue weighted by molar-refractivity contribution is 0.0691. The average molecular weight is 208 g/mol. The molecule has 1 aromatic heterocycles. The summed E-state index contributed by atoms with van der Waals surface area (Å²) in [5.41, 5.74) is 0.183. The van der Waals surface area contributed by atoms with Gasteiger partial charge in [-0.15, -0.1) is 0 Å². The maximum atomic E-state index is 10.8. The van der Waals surface area contributed by atoms with E-state index in [0.717, 1.165) is 25.2 Å². The SMILES string of the molecule is CCCC1CCc2nc(C(=O)O)cn2C1. The molecule has 82 valence electrons. The molecule has 0 saturated heterocycles. The first-order valence-corrected chi connectivity index (χ1v) is 5.50. The Morgan fingerprint density at radius 1 is 1.73 bits per heavy atom. The molecule has 15 heavy (non-hydrogen) atoms. The van der Waals surface area contributed by atoms with Crippen molar-refractivity contribution in [3.05, 3.63) is 17.7 Å². The molecule has 2 rings (SSSR count). The first kappa shape index (κ1) is 10.2. The van der Waals surface area contributed by atoms with Crippen LogP contribution in [0, 0.1) is 5.92 Å². The fourth-order valence-electron chi connectivity index (χ4n) is 2.26. The Balaban J connectivity index is 2.15. The molecular weight excluding hydrogens is 192 g/mol. The van der Waals surface area contributed by atoms with Crippen molar-refractivity contribution in [1.29, 1.82) is 0 Å². The topological polar surface area (TPSA) is 55.1 Å². The molecule has 0 saturated carbocycles. The fourth-order valence-corrected chi connectivity index (χ4v) is 2.26. The molecule has 0 aliphatic carbocycles. The van der Waals surface area contributed by atoms with Gasteiger partial charge in [-0.25, -0.2) is 9.78 Å². The van der Waals surface area contributed by atoms with Gasteiger partial charge in [0.1, 0.15) is 5.82 Å². The minimum absolute atomic E-state index is 0.183. The molecule has 1 aliphatic rings. The second-order valence-corrected chi connectivity index (χ2v) is 4.19. The minimum Gasteiger partial charge on any atom is -0.476 e. The third kappa shape index (κ3) is 2.03. The van der Waals surface area contributed by atoms with E-state index in [4.69, 9.17) is 5.11 Å². The summed E-state index contributed by atoms with van der Waals surface area (Å²) in [4.78, 5) is 14.9. The summed E-state index contributed by atoms with van der Waals surface area (Å²) in [5, 5.41) is 8.83. The molecule has 4 heteroatoms. The predicted molar refractivity (Wildman–Crippen MR) is 55.9 cm³/mol. The largest absolute Gasteiger partial charge is 0.476 e. The van der Waals surface area contributed by atoms with Crippen LogP contribution in [0.2, 0.25) is 0 Å². The van der Waals surface area contributed by atoms with Crippen LogP contribution >= 0.6 is 0 Å². The smallest absolute Gasteiger partial charge is 0.356 e. The Bertz CT molecular complexity index is 371. The number of rotatable bonds is 3. The van der Waals surface area contributed by atoms with Gasteiger partial charge < -0.3 is 9.67 Å². The van der Waals surface area contributed by atoms with E-state index in [0.29, 0.717) is 5.92 Å². The van der Waals surface area contributed by atoms with Crippen LogP contribution in [-0.4, -0.2) is 20.6 Å². The van der Waals surface area contributed by atoms with E-state index in [-0.39, 0.29) is 5.69 Å². The third-order valence-corrected chi connectivity index (χ3v) is 3.01. The van der Waals surface area contributed by atoms with Gasteiger partial charge in [0.05, 0.1) is 0 Å². The van der Waals surface area contributed by atoms with Crippen LogP contribution < -0.4 is 0 Å². The third-order valence-electron chi connectivity index (χ3n) is 3.01. The zero-order valence-electron chi connectivity index (χ0n) is 8.94. The van der Waals surface area contributed by atoms with Crippen LogP contribution in [0.5, 0.6) is 0 Å². The summed E-state index contributed by atoms with van der Waals surface area (Å²) in [6.07, 6.45) is 6.14. The molecule has 4 nitrogen and oxygen atoms in total. The molecule has 0 fully saturated rings. The summed E-state index contributed by atoms with van der Waals surface area (Å²) < 4.78 is 2.01. The van der Waals surface area contributed by atoms with Gasteiger partial charge in [-0.05, 0) is 18.8 Å². The molecule has 0 amide bonds. The Morgan fingerprint density at radius 2 is 2.53 bits per heavy atom. The standard InChI is InChI=1S/C11H16N2O2/c1-2-3-8-4-5-10-12-9(11(14)15)7-13(10)6-8/h7-8H,2-6H2,1H3,(H,14,15). The van der Waals surface area contributed by atoms with Crippen LogP contribution in [0.3, 0.4) is 0 Å². The van der Waals surface area contributed by atoms with Crippen LogP contribution in [0.25, 0.3) is 0 Å². The van der Waals surface area contributed by atoms with Crippen molar-refractivity contribution >= 4 is 5.97 Å². The van der Waals surface area contributed by atoms with Crippen molar-refractivity contribution in [3.8, 4) is 0 Å². The number of carboxylic acids is 1. The molecule has 1 N–H and O–H groups in total. The second-order valence-electron chi connectivity index (χ2n) is 4.19. The van der Waals surface area contributed by atoms with Gasteiger partial charge in [-0.2, -0.15) is 0 Å². The molecule has 1 aromatic rings. The second kappa shape index (κ2) is 4.04. The zero-order chi connectivity index (χ0) is 10.8. The van der Waals surface area contributed by atoms with Crippen molar-refractivity contribution in [2.24, 2.45) is 5.92 Å². The number of carbonyl (C=O) groups is 1. The van der Waals surface area contributed by atoms with Gasteiger partial charge in [-0.1, -0.05) is 13.3 Å². The highest BCUT2D eigenvalue weighted by Crippen LogP contribution is 2.23. The van der Waals surface area contributed by atoms with Gasteiger partial charge >= 0.3 is 5.97 Å². The van der Waals surface area contributed by atoms with E-state index in [9.17, 15) is 4.79 Å². The maximum absolute atomic E-state index is 10.8. The molecule has 0 spiro atoms. The summed E-state index contributed by atoms with van der Waals surface area (Å²) >= 11 is 0. The van der Waals surface area contributed by atoms with Gasteiger partial charge in [0.2, 0.25) is 0 Å². The molecule has 1 aliphatic heterocycles. The molecule has 0 bridgehead atoms. The number of hydrogen-bond acceptors (Lipinski definition) is 2. The lowest BCUT2D eigenvalue weighted by atomic mass is 9.95. The number of aromatic nitrogens is 2. The molecule has 1 atom stereocenters. The van der Waals surface area contributed by atoms with E-state index in [2.05, 4.69) is 11.9 Å². The number of nitrogens with zero attached hydrogens (tertiary/aromatic N) is 2. The van der Waals surface area contributed by atoms with E-state index in [1.807, 2.05) is 4.57 Å². The fraction of sp³-hybridized carbons (Fsp3) is 0.636. The molecule has 0 aromatic carbocycles. The van der Waals surface area contributed by atoms with Crippen LogP contribution in [-0.2, 0) is 13.0 Å². The number of imidazole rings is 1. The maximum Gasteiger partial charge on any atom is 0.356 e. The number of carboxylic acid groups (broad SMARTS) is 1. The quantitative estimate of drug-likeness (QED) is 0.825. The number of aryl methyl sites for hydroxylation is 1. The van der Waals surface area contributed by atoms with Crippen LogP contribution in [0.1, 0.15) is 42.5 Å². The number of aromatic carboxylic acids is 1. The van der Waals surface area contributed by atoms with E-state index < -0.39 is 5.97 Å². The summed E-state index contributed by atoms with van der Waals surface area (Å²) in [6, 6.07) is 0. The van der Waals surface area contributed by atoms with Crippen molar-refractivity contribution in [2.45, 2.75) is 39.2 Å². The van der Waals surface area contributed by atoms with Gasteiger partial charge in [0.25, 0.3) is 0 Å². The van der Waals surface area contributed by atoms with Crippen molar-refractivity contribution in [2.75, 3.05) is 0 Å². The molecule has 1 unspecified atom stereocenters. The summed E-state index contributed by atoms with van der Waals surface area (Å²) in [6.45, 7) is 3.12. The van der Waals surface area contributed by atoms with E-state index in [1.54, 1.807) is 6.20 Å². The monoisotopic (exact) mass is 208 g/mol. The highest BCUT2D eigenvalue weighted by Gasteiger charge is 2.21. The highest BCUT2D eigenvalue weighted by atomic mass is 16.4. The number of fused-ring (bicyclic) bond motifs is 1. The lowest BCUT2D eigenvalue weighted by Gasteiger charge is -2.22. The van der Waals surface area contributed by atoms with Crippen molar-refractivity contribution in [1.82, 2.24) is 9.55 Å². The minimum atomic E-state index is -0.927. The molecule has 0 radical (unpaired) electrons. The Hall–Kier alpha value is -1.32. The Labute approximate surface area is 88.9 Å². The highest BCUT2D eigenvalue weighted by molar-refractivity contribution is 5.85. The van der Waals surface area contributed by atoms with E-state index in [1.165, 1.54) is 12.8 Å². The molecular formula is C11H16N2O2. The normalized spacial score (nSPS) is 19.9. The Morgan fingerprint density at radius 3 is 3.20 bits per heavy atom. The number of hydrogen-bond donors (Lipinski definition) is 1. The summed E-state index contributed by atoms with van der Waals surface area (Å²) in [5.74, 6) is 0.696. The van der Waals surface area contributed by atoms with E-state index >= 15 is 0 Å². The van der Waals surface area contributed by atoms with Gasteiger partial charge in [0, 0.05) is 19.2 Å². The van der Waals surface area contributed by atoms with Crippen molar-refractivity contribution in [3.63, 3.8) is 0 Å². The van der Waals surface area contributed by atoms with Crippen LogP contribution in [0.15, 0.2) is 6.20 Å². The van der Waals surface area contributed by atoms with Gasteiger partial charge in [-0.3, -0.25) is 0 Å². The van der Waals surface area contributed by atoms with Crippen molar-refractivity contribution < 1.29 is 9.90 Å². The first-order chi connectivity index (χ1) is 7.20.